The summed E-state index contributed by atoms with van der Waals surface area (Å²) in [5, 5.41) is 4.67. The highest BCUT2D eigenvalue weighted by Gasteiger charge is 2.30. The van der Waals surface area contributed by atoms with Gasteiger partial charge >= 0.3 is 0 Å². The van der Waals surface area contributed by atoms with E-state index < -0.39 is 0 Å². The quantitative estimate of drug-likeness (QED) is 0.826. The molecule has 1 saturated carbocycles. The van der Waals surface area contributed by atoms with Crippen molar-refractivity contribution in [3.63, 3.8) is 0 Å². The molecule has 0 amide bonds. The maximum Gasteiger partial charge on any atom is 0.0195 e. The molecule has 1 aliphatic heterocycles. The maximum atomic E-state index is 3.73. The van der Waals surface area contributed by atoms with Crippen LogP contribution in [0.15, 0.2) is 0 Å². The Hall–Kier alpha value is 0.270. The lowest BCUT2D eigenvalue weighted by Crippen LogP contribution is -2.41. The predicted molar refractivity (Wildman–Crippen MR) is 82.4 cm³/mol. The Morgan fingerprint density at radius 3 is 2.94 bits per heavy atom. The van der Waals surface area contributed by atoms with E-state index in [1.807, 2.05) is 0 Å². The molecule has 3 heteroatoms. The molecular weight excluding hydrogens is 240 g/mol. The van der Waals surface area contributed by atoms with Gasteiger partial charge in [-0.2, -0.15) is 11.8 Å². The highest BCUT2D eigenvalue weighted by atomic mass is 32.2. The van der Waals surface area contributed by atoms with Crippen molar-refractivity contribution in [1.82, 2.24) is 10.2 Å². The Bertz CT molecular complexity index is 235. The molecule has 1 saturated heterocycles. The fourth-order valence-corrected chi connectivity index (χ4v) is 4.67. The van der Waals surface area contributed by atoms with Gasteiger partial charge in [-0.05, 0) is 50.9 Å². The van der Waals surface area contributed by atoms with Crippen molar-refractivity contribution in [1.29, 1.82) is 0 Å². The Morgan fingerprint density at radius 1 is 1.28 bits per heavy atom. The minimum absolute atomic E-state index is 0.746. The second-order valence-corrected chi connectivity index (χ2v) is 7.41. The van der Waals surface area contributed by atoms with Crippen LogP contribution in [-0.2, 0) is 0 Å². The topological polar surface area (TPSA) is 15.3 Å². The number of hydrogen-bond acceptors (Lipinski definition) is 3. The summed E-state index contributed by atoms with van der Waals surface area (Å²) in [4.78, 5) is 2.80. The Kier molecular flexibility index (Phi) is 6.33. The predicted octanol–water partition coefficient (Wildman–Crippen LogP) is 3.12. The zero-order valence-corrected chi connectivity index (χ0v) is 13.0. The van der Waals surface area contributed by atoms with Crippen LogP contribution in [0.1, 0.15) is 52.4 Å². The van der Waals surface area contributed by atoms with Gasteiger partial charge in [-0.15, -0.1) is 0 Å². The lowest BCUT2D eigenvalue weighted by atomic mass is 10.1. The molecule has 0 aromatic rings. The van der Waals surface area contributed by atoms with E-state index in [0.717, 1.165) is 17.3 Å². The van der Waals surface area contributed by atoms with E-state index in [-0.39, 0.29) is 0 Å². The fourth-order valence-electron chi connectivity index (χ4n) is 3.54. The first-order valence-electron chi connectivity index (χ1n) is 7.92. The maximum absolute atomic E-state index is 3.73. The molecule has 3 unspecified atom stereocenters. The van der Waals surface area contributed by atoms with E-state index in [1.54, 1.807) is 0 Å². The molecule has 2 nitrogen and oxygen atoms in total. The van der Waals surface area contributed by atoms with Crippen molar-refractivity contribution in [3.8, 4) is 0 Å². The number of nitrogens with zero attached hydrogens (tertiary/aromatic N) is 1. The lowest BCUT2D eigenvalue weighted by Gasteiger charge is -2.30. The minimum atomic E-state index is 0.746. The molecule has 0 aromatic heterocycles. The summed E-state index contributed by atoms with van der Waals surface area (Å²) >= 11 is 2.18. The third-order valence-corrected chi connectivity index (χ3v) is 5.66. The third-order valence-electron chi connectivity index (χ3n) is 4.42. The SMILES string of the molecule is CCCC1CN(C2CCC(SCC)C2)CCCN1. The highest BCUT2D eigenvalue weighted by molar-refractivity contribution is 7.99. The van der Waals surface area contributed by atoms with Gasteiger partial charge in [0.1, 0.15) is 0 Å². The largest absolute Gasteiger partial charge is 0.313 e. The summed E-state index contributed by atoms with van der Waals surface area (Å²) in [5.41, 5.74) is 0. The van der Waals surface area contributed by atoms with Crippen molar-refractivity contribution < 1.29 is 0 Å². The number of thioether (sulfide) groups is 1. The first-order valence-corrected chi connectivity index (χ1v) is 8.97. The zero-order valence-electron chi connectivity index (χ0n) is 12.2. The summed E-state index contributed by atoms with van der Waals surface area (Å²) < 4.78 is 0. The average molecular weight is 270 g/mol. The Morgan fingerprint density at radius 2 is 2.17 bits per heavy atom. The van der Waals surface area contributed by atoms with Gasteiger partial charge in [0.15, 0.2) is 0 Å². The molecule has 1 N–H and O–H groups in total. The van der Waals surface area contributed by atoms with Crippen LogP contribution < -0.4 is 5.32 Å². The summed E-state index contributed by atoms with van der Waals surface area (Å²) in [6.07, 6.45) is 8.32. The Balaban J connectivity index is 1.83. The zero-order chi connectivity index (χ0) is 12.8. The smallest absolute Gasteiger partial charge is 0.0195 e. The first-order chi connectivity index (χ1) is 8.83. The van der Waals surface area contributed by atoms with E-state index in [4.69, 9.17) is 0 Å². The van der Waals surface area contributed by atoms with Gasteiger partial charge in [0.25, 0.3) is 0 Å². The molecule has 2 fully saturated rings. The fraction of sp³-hybridized carbons (Fsp3) is 1.00. The van der Waals surface area contributed by atoms with Gasteiger partial charge < -0.3 is 5.32 Å². The summed E-state index contributed by atoms with van der Waals surface area (Å²) in [6.45, 7) is 8.44. The van der Waals surface area contributed by atoms with Crippen LogP contribution in [0.4, 0.5) is 0 Å². The molecule has 2 rings (SSSR count). The monoisotopic (exact) mass is 270 g/mol. The molecule has 18 heavy (non-hydrogen) atoms. The summed E-state index contributed by atoms with van der Waals surface area (Å²) in [5.74, 6) is 1.29. The van der Waals surface area contributed by atoms with E-state index in [2.05, 4.69) is 35.8 Å². The molecule has 0 aromatic carbocycles. The molecule has 2 aliphatic rings. The van der Waals surface area contributed by atoms with Crippen LogP contribution in [0.2, 0.25) is 0 Å². The molecule has 0 bridgehead atoms. The molecule has 0 spiro atoms. The molecule has 1 heterocycles. The van der Waals surface area contributed by atoms with Gasteiger partial charge in [0, 0.05) is 23.9 Å². The van der Waals surface area contributed by atoms with Gasteiger partial charge in [0.05, 0.1) is 0 Å². The van der Waals surface area contributed by atoms with Crippen LogP contribution >= 0.6 is 11.8 Å². The van der Waals surface area contributed by atoms with E-state index >= 15 is 0 Å². The molecule has 3 atom stereocenters. The van der Waals surface area contributed by atoms with Crippen molar-refractivity contribution in [3.05, 3.63) is 0 Å². The van der Waals surface area contributed by atoms with Crippen molar-refractivity contribution >= 4 is 11.8 Å². The van der Waals surface area contributed by atoms with Gasteiger partial charge in [0.2, 0.25) is 0 Å². The molecule has 106 valence electrons. The molecule has 0 radical (unpaired) electrons. The van der Waals surface area contributed by atoms with Gasteiger partial charge in [-0.25, -0.2) is 0 Å². The van der Waals surface area contributed by atoms with Crippen LogP contribution in [0.3, 0.4) is 0 Å². The van der Waals surface area contributed by atoms with Crippen LogP contribution in [0.5, 0.6) is 0 Å². The van der Waals surface area contributed by atoms with E-state index in [0.29, 0.717) is 0 Å². The number of nitrogens with one attached hydrogen (secondary N) is 1. The van der Waals surface area contributed by atoms with Gasteiger partial charge in [-0.3, -0.25) is 4.90 Å². The van der Waals surface area contributed by atoms with Crippen LogP contribution in [0.25, 0.3) is 0 Å². The second kappa shape index (κ2) is 7.76. The molecular formula is C15H30N2S. The van der Waals surface area contributed by atoms with Crippen molar-refractivity contribution in [2.75, 3.05) is 25.4 Å². The van der Waals surface area contributed by atoms with Crippen molar-refractivity contribution in [2.24, 2.45) is 0 Å². The normalized spacial score (nSPS) is 34.7. The number of rotatable bonds is 5. The number of hydrogen-bond donors (Lipinski definition) is 1. The first kappa shape index (κ1) is 14.7. The average Bonchev–Trinajstić information content (AvgIpc) is 2.69. The second-order valence-electron chi connectivity index (χ2n) is 5.83. The van der Waals surface area contributed by atoms with Gasteiger partial charge in [-0.1, -0.05) is 20.3 Å². The third kappa shape index (κ3) is 4.14. The standard InChI is InChI=1S/C15H30N2S/c1-3-6-13-12-17(10-5-9-16-13)14-7-8-15(11-14)18-4-2/h13-16H,3-12H2,1-2H3. The summed E-state index contributed by atoms with van der Waals surface area (Å²) in [7, 11) is 0. The summed E-state index contributed by atoms with van der Waals surface area (Å²) in [6, 6.07) is 1.63. The van der Waals surface area contributed by atoms with Crippen molar-refractivity contribution in [2.45, 2.75) is 69.7 Å². The Labute approximate surface area is 117 Å². The van der Waals surface area contributed by atoms with Crippen LogP contribution in [0, 0.1) is 0 Å². The van der Waals surface area contributed by atoms with Crippen LogP contribution in [-0.4, -0.2) is 47.6 Å². The van der Waals surface area contributed by atoms with E-state index in [9.17, 15) is 0 Å². The lowest BCUT2D eigenvalue weighted by molar-refractivity contribution is 0.192. The highest BCUT2D eigenvalue weighted by Crippen LogP contribution is 2.33. The minimum Gasteiger partial charge on any atom is -0.313 e. The van der Waals surface area contributed by atoms with E-state index in [1.165, 1.54) is 63.9 Å². The molecule has 1 aliphatic carbocycles.